The van der Waals surface area contributed by atoms with Crippen molar-refractivity contribution in [2.75, 3.05) is 32.8 Å². The molecule has 3 rings (SSSR count). The van der Waals surface area contributed by atoms with Crippen LogP contribution in [0.3, 0.4) is 0 Å². The van der Waals surface area contributed by atoms with Crippen LogP contribution in [0.1, 0.15) is 38.2 Å². The predicted octanol–water partition coefficient (Wildman–Crippen LogP) is 3.77. The number of hydrogen-bond donors (Lipinski definition) is 2. The number of nitrogens with zero attached hydrogens (tertiary/aromatic N) is 2. The van der Waals surface area contributed by atoms with Gasteiger partial charge in [0, 0.05) is 43.3 Å². The molecule has 2 saturated heterocycles. The Morgan fingerprint density at radius 2 is 1.96 bits per heavy atom. The van der Waals surface area contributed by atoms with Crippen molar-refractivity contribution >= 4 is 45.9 Å². The number of rotatable bonds is 6. The molecule has 27 heavy (non-hydrogen) atoms. The van der Waals surface area contributed by atoms with Gasteiger partial charge in [-0.05, 0) is 50.3 Å². The topological polar surface area (TPSA) is 48.9 Å². The van der Waals surface area contributed by atoms with E-state index in [1.807, 2.05) is 0 Å². The highest BCUT2D eigenvalue weighted by Crippen LogP contribution is 2.16. The van der Waals surface area contributed by atoms with E-state index in [9.17, 15) is 0 Å². The number of nitrogens with one attached hydrogen (secondary N) is 2. The fourth-order valence-electron chi connectivity index (χ4n) is 3.58. The Bertz CT molecular complexity index is 570. The number of hydrogen-bond acceptors (Lipinski definition) is 3. The van der Waals surface area contributed by atoms with E-state index in [4.69, 9.17) is 9.73 Å². The first-order valence-corrected chi connectivity index (χ1v) is 10.7. The second-order valence-corrected chi connectivity index (χ2v) is 8.09. The first-order valence-electron chi connectivity index (χ1n) is 9.86. The smallest absolute Gasteiger partial charge is 0.191 e. The van der Waals surface area contributed by atoms with Gasteiger partial charge in [-0.1, -0.05) is 28.1 Å². The van der Waals surface area contributed by atoms with Crippen LogP contribution in [-0.2, 0) is 11.3 Å². The van der Waals surface area contributed by atoms with Gasteiger partial charge in [-0.3, -0.25) is 9.89 Å². The molecule has 2 aliphatic heterocycles. The lowest BCUT2D eigenvalue weighted by molar-refractivity contribution is 0.117. The molecule has 0 saturated carbocycles. The van der Waals surface area contributed by atoms with Gasteiger partial charge in [-0.2, -0.15) is 0 Å². The van der Waals surface area contributed by atoms with Crippen LogP contribution in [0.4, 0.5) is 0 Å². The summed E-state index contributed by atoms with van der Waals surface area (Å²) in [6.07, 6.45) is 4.92. The number of aliphatic imine (C=N–C) groups is 1. The molecular weight excluding hydrogens is 519 g/mol. The number of ether oxygens (including phenoxy) is 1. The number of guanidine groups is 1. The zero-order valence-electron chi connectivity index (χ0n) is 16.1. The van der Waals surface area contributed by atoms with E-state index in [2.05, 4.69) is 62.7 Å². The van der Waals surface area contributed by atoms with Crippen LogP contribution in [0.15, 0.2) is 33.7 Å². The molecular formula is C20H32BrIN4O. The highest BCUT2D eigenvalue weighted by Gasteiger charge is 2.20. The van der Waals surface area contributed by atoms with E-state index in [0.29, 0.717) is 12.1 Å². The van der Waals surface area contributed by atoms with Crippen molar-refractivity contribution in [1.29, 1.82) is 0 Å². The van der Waals surface area contributed by atoms with Crippen molar-refractivity contribution in [3.05, 3.63) is 34.3 Å². The van der Waals surface area contributed by atoms with E-state index in [1.54, 1.807) is 0 Å². The second kappa shape index (κ2) is 12.2. The average molecular weight is 551 g/mol. The van der Waals surface area contributed by atoms with Crippen molar-refractivity contribution in [2.45, 2.75) is 51.3 Å². The summed E-state index contributed by atoms with van der Waals surface area (Å²) in [5.41, 5.74) is 1.38. The van der Waals surface area contributed by atoms with Gasteiger partial charge in [0.15, 0.2) is 5.96 Å². The Labute approximate surface area is 188 Å². The lowest BCUT2D eigenvalue weighted by Crippen LogP contribution is -2.48. The van der Waals surface area contributed by atoms with Gasteiger partial charge in [-0.25, -0.2) is 0 Å². The third-order valence-corrected chi connectivity index (χ3v) is 5.60. The summed E-state index contributed by atoms with van der Waals surface area (Å²) >= 11 is 3.50. The molecule has 1 atom stereocenters. The Morgan fingerprint density at radius 3 is 2.59 bits per heavy atom. The molecule has 1 unspecified atom stereocenters. The molecule has 5 nitrogen and oxygen atoms in total. The third kappa shape index (κ3) is 7.87. The van der Waals surface area contributed by atoms with Gasteiger partial charge in [0.05, 0.1) is 12.6 Å². The molecule has 152 valence electrons. The van der Waals surface area contributed by atoms with Crippen LogP contribution in [0.2, 0.25) is 0 Å². The molecule has 2 N–H and O–H groups in total. The average Bonchev–Trinajstić information content (AvgIpc) is 3.17. The summed E-state index contributed by atoms with van der Waals surface area (Å²) in [4.78, 5) is 7.28. The van der Waals surface area contributed by atoms with Crippen LogP contribution < -0.4 is 10.6 Å². The monoisotopic (exact) mass is 550 g/mol. The fraction of sp³-hybridized carbons (Fsp3) is 0.650. The van der Waals surface area contributed by atoms with Gasteiger partial charge in [0.25, 0.3) is 0 Å². The largest absolute Gasteiger partial charge is 0.376 e. The van der Waals surface area contributed by atoms with E-state index in [1.165, 1.54) is 12.0 Å². The number of piperidine rings is 1. The predicted molar refractivity (Wildman–Crippen MR) is 126 cm³/mol. The van der Waals surface area contributed by atoms with E-state index >= 15 is 0 Å². The SMILES string of the molecule is CCNC(=NCC1CCCO1)NC1CCN(Cc2ccc(Br)cc2)CC1.I. The van der Waals surface area contributed by atoms with Crippen molar-refractivity contribution in [3.63, 3.8) is 0 Å². The highest BCUT2D eigenvalue weighted by atomic mass is 127. The highest BCUT2D eigenvalue weighted by molar-refractivity contribution is 14.0. The molecule has 2 heterocycles. The summed E-state index contributed by atoms with van der Waals surface area (Å²) in [5, 5.41) is 7.00. The maximum absolute atomic E-state index is 5.68. The van der Waals surface area contributed by atoms with Gasteiger partial charge in [0.2, 0.25) is 0 Å². The van der Waals surface area contributed by atoms with Crippen molar-refractivity contribution in [3.8, 4) is 0 Å². The molecule has 2 aliphatic rings. The second-order valence-electron chi connectivity index (χ2n) is 7.18. The normalized spacial score (nSPS) is 21.7. The zero-order chi connectivity index (χ0) is 18.2. The molecule has 0 aliphatic carbocycles. The van der Waals surface area contributed by atoms with Crippen LogP contribution >= 0.6 is 39.9 Å². The van der Waals surface area contributed by atoms with Gasteiger partial charge in [0.1, 0.15) is 0 Å². The summed E-state index contributed by atoms with van der Waals surface area (Å²) in [6.45, 7) is 7.94. The summed E-state index contributed by atoms with van der Waals surface area (Å²) in [7, 11) is 0. The van der Waals surface area contributed by atoms with E-state index in [-0.39, 0.29) is 24.0 Å². The van der Waals surface area contributed by atoms with Crippen LogP contribution in [0, 0.1) is 0 Å². The van der Waals surface area contributed by atoms with Gasteiger partial charge < -0.3 is 15.4 Å². The minimum Gasteiger partial charge on any atom is -0.376 e. The Balaban J connectivity index is 0.00000261. The minimum absolute atomic E-state index is 0. The minimum atomic E-state index is 0. The summed E-state index contributed by atoms with van der Waals surface area (Å²) < 4.78 is 6.82. The molecule has 1 aromatic carbocycles. The molecule has 2 fully saturated rings. The molecule has 1 aromatic rings. The molecule has 0 aromatic heterocycles. The maximum atomic E-state index is 5.68. The maximum Gasteiger partial charge on any atom is 0.191 e. The first kappa shape index (κ1) is 22.9. The van der Waals surface area contributed by atoms with Gasteiger partial charge >= 0.3 is 0 Å². The molecule has 7 heteroatoms. The summed E-state index contributed by atoms with van der Waals surface area (Å²) in [6, 6.07) is 9.15. The molecule has 0 amide bonds. The number of benzene rings is 1. The third-order valence-electron chi connectivity index (χ3n) is 5.07. The Kier molecular flexibility index (Phi) is 10.4. The Morgan fingerprint density at radius 1 is 1.22 bits per heavy atom. The van der Waals surface area contributed by atoms with Crippen molar-refractivity contribution in [1.82, 2.24) is 15.5 Å². The molecule has 0 radical (unpaired) electrons. The molecule has 0 spiro atoms. The van der Waals surface area contributed by atoms with Crippen LogP contribution in [-0.4, -0.2) is 55.8 Å². The molecule has 0 bridgehead atoms. The number of halogens is 2. The lowest BCUT2D eigenvalue weighted by Gasteiger charge is -2.33. The first-order chi connectivity index (χ1) is 12.7. The van der Waals surface area contributed by atoms with Gasteiger partial charge in [-0.15, -0.1) is 24.0 Å². The van der Waals surface area contributed by atoms with Crippen LogP contribution in [0.5, 0.6) is 0 Å². The number of likely N-dealkylation sites (tertiary alicyclic amines) is 1. The fourth-order valence-corrected chi connectivity index (χ4v) is 3.84. The van der Waals surface area contributed by atoms with E-state index in [0.717, 1.165) is 69.0 Å². The zero-order valence-corrected chi connectivity index (χ0v) is 20.0. The Hall–Kier alpha value is -0.380. The lowest BCUT2D eigenvalue weighted by atomic mass is 10.0. The van der Waals surface area contributed by atoms with Crippen LogP contribution in [0.25, 0.3) is 0 Å². The van der Waals surface area contributed by atoms with E-state index < -0.39 is 0 Å². The van der Waals surface area contributed by atoms with Crippen molar-refractivity contribution in [2.24, 2.45) is 4.99 Å². The summed E-state index contributed by atoms with van der Waals surface area (Å²) in [5.74, 6) is 0.939. The van der Waals surface area contributed by atoms with Crippen molar-refractivity contribution < 1.29 is 4.74 Å². The quantitative estimate of drug-likeness (QED) is 0.322. The standard InChI is InChI=1S/C20H31BrN4O.HI/c1-2-22-20(23-14-19-4-3-13-26-19)24-18-9-11-25(12-10-18)15-16-5-7-17(21)8-6-16;/h5-8,18-19H,2-4,9-15H2,1H3,(H2,22,23,24);1H.